The van der Waals surface area contributed by atoms with Gasteiger partial charge in [-0.3, -0.25) is 0 Å². The number of hydrogen-bond acceptors (Lipinski definition) is 1. The van der Waals surface area contributed by atoms with E-state index in [2.05, 4.69) is 27.9 Å². The Morgan fingerprint density at radius 3 is 2.74 bits per heavy atom. The molecule has 1 unspecified atom stereocenters. The molecule has 0 amide bonds. The van der Waals surface area contributed by atoms with Crippen LogP contribution in [0.25, 0.3) is 0 Å². The van der Waals surface area contributed by atoms with Crippen LogP contribution in [0, 0.1) is 9.39 Å². The molecule has 0 aromatic heterocycles. The van der Waals surface area contributed by atoms with Crippen molar-refractivity contribution in [3.8, 4) is 0 Å². The summed E-state index contributed by atoms with van der Waals surface area (Å²) in [4.78, 5) is 0. The predicted molar refractivity (Wildman–Crippen MR) is 85.8 cm³/mol. The van der Waals surface area contributed by atoms with Crippen molar-refractivity contribution in [2.75, 3.05) is 0 Å². The molecule has 1 nitrogen and oxygen atoms in total. The average Bonchev–Trinajstić information content (AvgIpc) is 2.40. The minimum atomic E-state index is -0.202. The second kappa shape index (κ2) is 6.68. The molecule has 100 valence electrons. The SMILES string of the molecule is CC(NCc1ccc(Cl)c(I)c1)c1cccc(F)c1. The van der Waals surface area contributed by atoms with Gasteiger partial charge in [0.25, 0.3) is 0 Å². The maximum atomic E-state index is 13.1. The molecule has 4 heteroatoms. The van der Waals surface area contributed by atoms with Gasteiger partial charge in [0.2, 0.25) is 0 Å². The molecule has 2 rings (SSSR count). The highest BCUT2D eigenvalue weighted by Crippen LogP contribution is 2.20. The summed E-state index contributed by atoms with van der Waals surface area (Å²) in [5, 5.41) is 4.14. The molecule has 0 aliphatic heterocycles. The molecular weight excluding hydrogens is 376 g/mol. The molecule has 0 spiro atoms. The van der Waals surface area contributed by atoms with Gasteiger partial charge in [-0.25, -0.2) is 4.39 Å². The second-order valence-electron chi connectivity index (χ2n) is 4.41. The number of hydrogen-bond donors (Lipinski definition) is 1. The molecule has 1 atom stereocenters. The van der Waals surface area contributed by atoms with Crippen molar-refractivity contribution in [2.24, 2.45) is 0 Å². The van der Waals surface area contributed by atoms with E-state index in [-0.39, 0.29) is 11.9 Å². The largest absolute Gasteiger partial charge is 0.306 e. The summed E-state index contributed by atoms with van der Waals surface area (Å²) in [6.45, 7) is 2.75. The Kier molecular flexibility index (Phi) is 5.19. The lowest BCUT2D eigenvalue weighted by molar-refractivity contribution is 0.565. The van der Waals surface area contributed by atoms with Crippen LogP contribution in [-0.4, -0.2) is 0 Å². The molecule has 19 heavy (non-hydrogen) atoms. The van der Waals surface area contributed by atoms with Crippen LogP contribution < -0.4 is 5.32 Å². The van der Waals surface area contributed by atoms with E-state index in [1.165, 1.54) is 6.07 Å². The molecule has 0 bridgehead atoms. The third-order valence-corrected chi connectivity index (χ3v) is 4.49. The molecule has 0 heterocycles. The molecule has 0 saturated heterocycles. The van der Waals surface area contributed by atoms with Gasteiger partial charge in [0.15, 0.2) is 0 Å². The first-order valence-corrected chi connectivity index (χ1v) is 7.44. The zero-order valence-electron chi connectivity index (χ0n) is 10.5. The van der Waals surface area contributed by atoms with Crippen molar-refractivity contribution in [3.05, 3.63) is 68.0 Å². The van der Waals surface area contributed by atoms with Crippen LogP contribution in [-0.2, 0) is 6.54 Å². The summed E-state index contributed by atoms with van der Waals surface area (Å²) in [5.74, 6) is -0.202. The van der Waals surface area contributed by atoms with Crippen molar-refractivity contribution in [1.82, 2.24) is 5.32 Å². The van der Waals surface area contributed by atoms with Crippen molar-refractivity contribution >= 4 is 34.2 Å². The molecular formula is C15H14ClFIN. The number of halogens is 3. The van der Waals surface area contributed by atoms with Gasteiger partial charge >= 0.3 is 0 Å². The fraction of sp³-hybridized carbons (Fsp3) is 0.200. The smallest absolute Gasteiger partial charge is 0.123 e. The minimum Gasteiger partial charge on any atom is -0.306 e. The first kappa shape index (κ1) is 14.8. The molecule has 0 aliphatic rings. The zero-order valence-corrected chi connectivity index (χ0v) is 13.4. The summed E-state index contributed by atoms with van der Waals surface area (Å²) in [7, 11) is 0. The van der Waals surface area contributed by atoms with Gasteiger partial charge in [0, 0.05) is 16.2 Å². The Hall–Kier alpha value is -0.650. The lowest BCUT2D eigenvalue weighted by Crippen LogP contribution is -2.18. The summed E-state index contributed by atoms with van der Waals surface area (Å²) >= 11 is 8.20. The highest BCUT2D eigenvalue weighted by Gasteiger charge is 2.06. The Bertz CT molecular complexity index is 574. The minimum absolute atomic E-state index is 0.101. The molecule has 0 radical (unpaired) electrons. The number of benzene rings is 2. The van der Waals surface area contributed by atoms with E-state index >= 15 is 0 Å². The van der Waals surface area contributed by atoms with Crippen LogP contribution >= 0.6 is 34.2 Å². The summed E-state index contributed by atoms with van der Waals surface area (Å²) in [6, 6.07) is 12.7. The van der Waals surface area contributed by atoms with E-state index in [0.717, 1.165) is 26.3 Å². The van der Waals surface area contributed by atoms with Crippen LogP contribution in [0.5, 0.6) is 0 Å². The molecule has 0 fully saturated rings. The van der Waals surface area contributed by atoms with Crippen molar-refractivity contribution in [2.45, 2.75) is 19.5 Å². The van der Waals surface area contributed by atoms with E-state index in [4.69, 9.17) is 11.6 Å². The van der Waals surface area contributed by atoms with Gasteiger partial charge in [0.05, 0.1) is 5.02 Å². The third kappa shape index (κ3) is 4.16. The fourth-order valence-electron chi connectivity index (χ4n) is 1.81. The van der Waals surface area contributed by atoms with Gasteiger partial charge in [-0.15, -0.1) is 0 Å². The summed E-state index contributed by atoms with van der Waals surface area (Å²) in [5.41, 5.74) is 2.11. The highest BCUT2D eigenvalue weighted by atomic mass is 127. The quantitative estimate of drug-likeness (QED) is 0.731. The Morgan fingerprint density at radius 1 is 1.26 bits per heavy atom. The topological polar surface area (TPSA) is 12.0 Å². The second-order valence-corrected chi connectivity index (χ2v) is 5.98. The average molecular weight is 390 g/mol. The molecule has 2 aromatic rings. The van der Waals surface area contributed by atoms with Crippen LogP contribution in [0.15, 0.2) is 42.5 Å². The van der Waals surface area contributed by atoms with E-state index in [1.54, 1.807) is 12.1 Å². The van der Waals surface area contributed by atoms with Gasteiger partial charge in [-0.2, -0.15) is 0 Å². The highest BCUT2D eigenvalue weighted by molar-refractivity contribution is 14.1. The molecule has 0 saturated carbocycles. The van der Waals surface area contributed by atoms with Crippen LogP contribution in [0.1, 0.15) is 24.1 Å². The van der Waals surface area contributed by atoms with Crippen LogP contribution in [0.3, 0.4) is 0 Å². The van der Waals surface area contributed by atoms with E-state index in [9.17, 15) is 4.39 Å². The maximum Gasteiger partial charge on any atom is 0.123 e. The van der Waals surface area contributed by atoms with Gasteiger partial charge < -0.3 is 5.32 Å². The maximum absolute atomic E-state index is 13.1. The Labute approximate surface area is 131 Å². The third-order valence-electron chi connectivity index (χ3n) is 2.95. The summed E-state index contributed by atoms with van der Waals surface area (Å²) in [6.07, 6.45) is 0. The predicted octanol–water partition coefficient (Wildman–Crippen LogP) is 4.93. The van der Waals surface area contributed by atoms with Crippen molar-refractivity contribution in [1.29, 1.82) is 0 Å². The number of nitrogens with one attached hydrogen (secondary N) is 1. The van der Waals surface area contributed by atoms with Crippen LogP contribution in [0.2, 0.25) is 5.02 Å². The normalized spacial score (nSPS) is 12.4. The Balaban J connectivity index is 2.00. The van der Waals surface area contributed by atoms with Crippen LogP contribution in [0.4, 0.5) is 4.39 Å². The molecule has 0 aliphatic carbocycles. The fourth-order valence-corrected chi connectivity index (χ4v) is 2.51. The first-order chi connectivity index (χ1) is 9.06. The van der Waals surface area contributed by atoms with E-state index in [0.29, 0.717) is 0 Å². The monoisotopic (exact) mass is 389 g/mol. The van der Waals surface area contributed by atoms with Crippen molar-refractivity contribution in [3.63, 3.8) is 0 Å². The van der Waals surface area contributed by atoms with Gasteiger partial charge in [0.1, 0.15) is 5.82 Å². The molecule has 2 aromatic carbocycles. The molecule has 1 N–H and O–H groups in total. The zero-order chi connectivity index (χ0) is 13.8. The first-order valence-electron chi connectivity index (χ1n) is 5.99. The van der Waals surface area contributed by atoms with E-state index < -0.39 is 0 Å². The lowest BCUT2D eigenvalue weighted by atomic mass is 10.1. The Morgan fingerprint density at radius 2 is 2.05 bits per heavy atom. The number of rotatable bonds is 4. The lowest BCUT2D eigenvalue weighted by Gasteiger charge is -2.14. The van der Waals surface area contributed by atoms with E-state index in [1.807, 2.05) is 31.2 Å². The summed E-state index contributed by atoms with van der Waals surface area (Å²) < 4.78 is 14.2. The van der Waals surface area contributed by atoms with Gasteiger partial charge in [-0.05, 0) is 64.9 Å². The van der Waals surface area contributed by atoms with Gasteiger partial charge in [-0.1, -0.05) is 29.8 Å². The van der Waals surface area contributed by atoms with Crippen molar-refractivity contribution < 1.29 is 4.39 Å². The standard InChI is InChI=1S/C15H14ClFIN/c1-10(12-3-2-4-13(17)8-12)19-9-11-5-6-14(16)15(18)7-11/h2-8,10,19H,9H2,1H3.